The molecule has 0 spiro atoms. The number of rotatable bonds is 6. The fourth-order valence-corrected chi connectivity index (χ4v) is 4.17. The van der Waals surface area contributed by atoms with Gasteiger partial charge in [0.1, 0.15) is 18.3 Å². The SMILES string of the molecule is Nc1nc2c(nc(N/N=C\c3ccc(N4CCOCC4)cc3)n2[C@@H]2O[C@@H](CO)[C@@H](O)[C@@H]2O)c(=O)[nH]1. The molecule has 0 saturated carbocycles. The van der Waals surface area contributed by atoms with Crippen LogP contribution in [0.25, 0.3) is 11.2 Å². The smallest absolute Gasteiger partial charge is 0.280 e. The number of hydrazone groups is 1. The van der Waals surface area contributed by atoms with Crippen LogP contribution in [0.3, 0.4) is 0 Å². The molecule has 1 aromatic carbocycles. The van der Waals surface area contributed by atoms with Gasteiger partial charge in [0.25, 0.3) is 5.56 Å². The molecule has 14 heteroatoms. The zero-order valence-electron chi connectivity index (χ0n) is 18.6. The third kappa shape index (κ3) is 4.44. The van der Waals surface area contributed by atoms with Crippen LogP contribution in [0.5, 0.6) is 0 Å². The van der Waals surface area contributed by atoms with Crippen molar-refractivity contribution in [2.24, 2.45) is 5.10 Å². The summed E-state index contributed by atoms with van der Waals surface area (Å²) in [5.41, 5.74) is 9.71. The number of morpholine rings is 1. The van der Waals surface area contributed by atoms with Gasteiger partial charge in [-0.1, -0.05) is 12.1 Å². The Morgan fingerprint density at radius 1 is 1.20 bits per heavy atom. The molecule has 186 valence electrons. The number of aliphatic hydroxyl groups is 3. The zero-order valence-corrected chi connectivity index (χ0v) is 18.6. The van der Waals surface area contributed by atoms with Crippen LogP contribution in [0.15, 0.2) is 34.2 Å². The topological polar surface area (TPSA) is 196 Å². The van der Waals surface area contributed by atoms with Crippen molar-refractivity contribution in [3.63, 3.8) is 0 Å². The third-order valence-corrected chi connectivity index (χ3v) is 5.99. The summed E-state index contributed by atoms with van der Waals surface area (Å²) in [4.78, 5) is 25.3. The third-order valence-electron chi connectivity index (χ3n) is 5.99. The number of nitrogen functional groups attached to an aromatic ring is 1. The molecule has 2 aliphatic rings. The van der Waals surface area contributed by atoms with E-state index in [9.17, 15) is 20.1 Å². The molecular weight excluding hydrogens is 460 g/mol. The predicted molar refractivity (Wildman–Crippen MR) is 126 cm³/mol. The Hall–Kier alpha value is -3.56. The van der Waals surface area contributed by atoms with E-state index >= 15 is 0 Å². The van der Waals surface area contributed by atoms with Crippen LogP contribution in [-0.2, 0) is 9.47 Å². The minimum absolute atomic E-state index is 0.0219. The Balaban J connectivity index is 1.42. The number of imidazole rings is 1. The number of aromatic amines is 1. The van der Waals surface area contributed by atoms with Gasteiger partial charge in [-0.15, -0.1) is 0 Å². The van der Waals surface area contributed by atoms with E-state index in [0.717, 1.165) is 24.3 Å². The van der Waals surface area contributed by atoms with E-state index < -0.39 is 36.7 Å². The summed E-state index contributed by atoms with van der Waals surface area (Å²) in [7, 11) is 0. The Morgan fingerprint density at radius 2 is 1.94 bits per heavy atom. The molecule has 0 aliphatic carbocycles. The van der Waals surface area contributed by atoms with Crippen molar-refractivity contribution >= 4 is 35.0 Å². The summed E-state index contributed by atoms with van der Waals surface area (Å²) in [6.07, 6.45) is -3.46. The first-order valence-electron chi connectivity index (χ1n) is 11.1. The molecule has 2 saturated heterocycles. The minimum Gasteiger partial charge on any atom is -0.394 e. The van der Waals surface area contributed by atoms with Gasteiger partial charge in [0.15, 0.2) is 17.4 Å². The summed E-state index contributed by atoms with van der Waals surface area (Å²) in [6, 6.07) is 7.82. The maximum Gasteiger partial charge on any atom is 0.280 e. The molecule has 14 nitrogen and oxygen atoms in total. The summed E-state index contributed by atoms with van der Waals surface area (Å²) >= 11 is 0. The number of benzene rings is 1. The van der Waals surface area contributed by atoms with Gasteiger partial charge < -0.3 is 35.4 Å². The molecule has 4 heterocycles. The van der Waals surface area contributed by atoms with Crippen LogP contribution in [0.1, 0.15) is 11.8 Å². The van der Waals surface area contributed by atoms with E-state index in [1.807, 2.05) is 24.3 Å². The largest absolute Gasteiger partial charge is 0.394 e. The normalized spacial score (nSPS) is 25.1. The molecule has 4 atom stereocenters. The van der Waals surface area contributed by atoms with Crippen LogP contribution in [0, 0.1) is 0 Å². The lowest BCUT2D eigenvalue weighted by Gasteiger charge is -2.28. The molecular formula is C21H26N8O6. The second-order valence-electron chi connectivity index (χ2n) is 8.22. The van der Waals surface area contributed by atoms with E-state index in [1.165, 1.54) is 4.57 Å². The first-order chi connectivity index (χ1) is 17.0. The Morgan fingerprint density at radius 3 is 2.63 bits per heavy atom. The molecule has 0 unspecified atom stereocenters. The summed E-state index contributed by atoms with van der Waals surface area (Å²) < 4.78 is 12.3. The number of ether oxygens (including phenoxy) is 2. The van der Waals surface area contributed by atoms with E-state index in [1.54, 1.807) is 6.21 Å². The fourth-order valence-electron chi connectivity index (χ4n) is 4.17. The summed E-state index contributed by atoms with van der Waals surface area (Å²) in [5.74, 6) is -0.134. The lowest BCUT2D eigenvalue weighted by molar-refractivity contribution is -0.0501. The highest BCUT2D eigenvalue weighted by Crippen LogP contribution is 2.34. The van der Waals surface area contributed by atoms with Crippen molar-refractivity contribution < 1.29 is 24.8 Å². The number of fused-ring (bicyclic) bond motifs is 1. The zero-order chi connectivity index (χ0) is 24.5. The molecule has 2 fully saturated rings. The Labute approximate surface area is 198 Å². The second-order valence-corrected chi connectivity index (χ2v) is 8.22. The first kappa shape index (κ1) is 23.2. The molecule has 2 aliphatic heterocycles. The number of nitrogens with zero attached hydrogens (tertiary/aromatic N) is 5. The van der Waals surface area contributed by atoms with Gasteiger partial charge in [-0.05, 0) is 17.7 Å². The van der Waals surface area contributed by atoms with Gasteiger partial charge in [0, 0.05) is 18.8 Å². The van der Waals surface area contributed by atoms with Crippen molar-refractivity contribution in [3.8, 4) is 0 Å². The number of nitrogens with one attached hydrogen (secondary N) is 2. The van der Waals surface area contributed by atoms with E-state index in [4.69, 9.17) is 15.2 Å². The van der Waals surface area contributed by atoms with E-state index in [0.29, 0.717) is 13.2 Å². The van der Waals surface area contributed by atoms with Gasteiger partial charge in [0.2, 0.25) is 11.9 Å². The standard InChI is InChI=1S/C21H26N8O6/c22-20-25-17-14(18(33)26-20)24-21(29(17)19-16(32)15(31)13(10-30)35-19)27-23-9-11-1-3-12(4-2-11)28-5-7-34-8-6-28/h1-4,9,13,15-16,19,30-32H,5-8,10H2,(H,24,27)(H3,22,25,26,33)/b23-9-/t13-,15+,16-,19+/m0/s1. The van der Waals surface area contributed by atoms with Crippen molar-refractivity contribution in [1.82, 2.24) is 19.5 Å². The highest BCUT2D eigenvalue weighted by molar-refractivity contribution is 5.81. The van der Waals surface area contributed by atoms with Gasteiger partial charge in [-0.25, -0.2) is 10.4 Å². The van der Waals surface area contributed by atoms with Crippen molar-refractivity contribution in [2.45, 2.75) is 24.5 Å². The molecule has 35 heavy (non-hydrogen) atoms. The number of anilines is 3. The number of nitrogens with two attached hydrogens (primary N) is 1. The minimum atomic E-state index is -1.43. The maximum absolute atomic E-state index is 12.4. The first-order valence-corrected chi connectivity index (χ1v) is 11.1. The Bertz CT molecular complexity index is 1270. The second kappa shape index (κ2) is 9.59. The quantitative estimate of drug-likeness (QED) is 0.177. The van der Waals surface area contributed by atoms with Gasteiger partial charge in [-0.2, -0.15) is 10.1 Å². The van der Waals surface area contributed by atoms with Crippen LogP contribution in [0.4, 0.5) is 17.6 Å². The molecule has 5 rings (SSSR count). The average molecular weight is 486 g/mol. The van der Waals surface area contributed by atoms with Gasteiger partial charge in [0.05, 0.1) is 26.0 Å². The lowest BCUT2D eigenvalue weighted by atomic mass is 10.1. The van der Waals surface area contributed by atoms with Crippen LogP contribution in [-0.4, -0.2) is 92.3 Å². The molecule has 0 radical (unpaired) electrons. The van der Waals surface area contributed by atoms with Gasteiger partial charge in [-0.3, -0.25) is 14.3 Å². The molecule has 0 amide bonds. The monoisotopic (exact) mass is 486 g/mol. The predicted octanol–water partition coefficient (Wildman–Crippen LogP) is -1.40. The number of aliphatic hydroxyl groups excluding tert-OH is 3. The van der Waals surface area contributed by atoms with Gasteiger partial charge >= 0.3 is 0 Å². The van der Waals surface area contributed by atoms with E-state index in [2.05, 4.69) is 30.4 Å². The lowest BCUT2D eigenvalue weighted by Crippen LogP contribution is -2.36. The van der Waals surface area contributed by atoms with Crippen LogP contribution < -0.4 is 21.6 Å². The molecule has 2 aromatic heterocycles. The molecule has 7 N–H and O–H groups in total. The van der Waals surface area contributed by atoms with Crippen molar-refractivity contribution in [1.29, 1.82) is 0 Å². The molecule has 0 bridgehead atoms. The van der Waals surface area contributed by atoms with Crippen LogP contribution >= 0.6 is 0 Å². The van der Waals surface area contributed by atoms with Crippen molar-refractivity contribution in [3.05, 3.63) is 40.2 Å². The fraction of sp³-hybridized carbons (Fsp3) is 0.429. The highest BCUT2D eigenvalue weighted by atomic mass is 16.6. The average Bonchev–Trinajstić information content (AvgIpc) is 3.36. The van der Waals surface area contributed by atoms with Crippen LogP contribution in [0.2, 0.25) is 0 Å². The van der Waals surface area contributed by atoms with E-state index in [-0.39, 0.29) is 23.1 Å². The number of hydrogen-bond acceptors (Lipinski definition) is 12. The Kier molecular flexibility index (Phi) is 6.36. The molecule has 3 aromatic rings. The summed E-state index contributed by atoms with van der Waals surface area (Å²) in [5, 5.41) is 34.4. The highest BCUT2D eigenvalue weighted by Gasteiger charge is 2.45. The summed E-state index contributed by atoms with van der Waals surface area (Å²) in [6.45, 7) is 2.56. The van der Waals surface area contributed by atoms with Crippen molar-refractivity contribution in [2.75, 3.05) is 49.0 Å². The number of aromatic nitrogens is 4. The number of hydrogen-bond donors (Lipinski definition) is 6. The maximum atomic E-state index is 12.4. The number of H-pyrrole nitrogens is 1.